The van der Waals surface area contributed by atoms with Crippen LogP contribution in [0.4, 0.5) is 31.5 Å². The summed E-state index contributed by atoms with van der Waals surface area (Å²) in [4.78, 5) is 48.9. The summed E-state index contributed by atoms with van der Waals surface area (Å²) in [5.41, 5.74) is 4.11. The van der Waals surface area contributed by atoms with Crippen LogP contribution < -0.4 is 5.32 Å². The summed E-state index contributed by atoms with van der Waals surface area (Å²) in [5, 5.41) is 11.8. The zero-order chi connectivity index (χ0) is 53.3. The number of aromatic nitrogens is 2. The highest BCUT2D eigenvalue weighted by Crippen LogP contribution is 2.44. The minimum atomic E-state index is -3.25. The number of aliphatic hydroxyl groups excluding tert-OH is 1. The van der Waals surface area contributed by atoms with Gasteiger partial charge in [-0.05, 0) is 109 Å². The van der Waals surface area contributed by atoms with E-state index in [1.165, 1.54) is 21.1 Å². The Balaban J connectivity index is 0.000000202. The highest BCUT2D eigenvalue weighted by Gasteiger charge is 2.53. The molecule has 7 rings (SSSR count). The van der Waals surface area contributed by atoms with Crippen LogP contribution in [0.25, 0.3) is 20.9 Å². The Bertz CT molecular complexity index is 2510. The van der Waals surface area contributed by atoms with Crippen molar-refractivity contribution in [1.82, 2.24) is 25.1 Å². The molecule has 0 bridgehead atoms. The van der Waals surface area contributed by atoms with Crippen LogP contribution in [0.2, 0.25) is 0 Å². The number of carbonyl (C=O) groups is 3. The SMILES string of the molecule is CC(C)(C)OC(=O)N1[C@H](CF)[C@@H](c2ccc(-c3cncs3)cc2)OC1(C)C.CC(C)(C)OC(=O)N1[C@H](CF)[C@@H](c2ccc(Br)cc2)OC1(C)C.O=C(N[C@H](CF)[C@H](O)c1ccc(-c2cncs2)cc1)C(F)F. The Morgan fingerprint density at radius 3 is 1.43 bits per heavy atom. The van der Waals surface area contributed by atoms with Crippen LogP contribution in [0, 0.1) is 0 Å². The van der Waals surface area contributed by atoms with Gasteiger partial charge in [-0.15, -0.1) is 22.7 Å². The molecule has 21 heteroatoms. The molecule has 2 aliphatic rings. The molecule has 0 unspecified atom stereocenters. The zero-order valence-corrected chi connectivity index (χ0v) is 44.8. The number of hydrogen-bond donors (Lipinski definition) is 2. The second kappa shape index (κ2) is 24.3. The third-order valence-corrected chi connectivity index (χ3v) is 13.2. The molecule has 2 aliphatic heterocycles. The zero-order valence-electron chi connectivity index (χ0n) is 41.6. The number of halogens is 6. The normalized spacial score (nSPS) is 20.1. The molecule has 2 saturated heterocycles. The van der Waals surface area contributed by atoms with Gasteiger partial charge in [0.15, 0.2) is 0 Å². The maximum absolute atomic E-state index is 14.0. The first kappa shape index (κ1) is 57.8. The number of ether oxygens (including phenoxy) is 4. The van der Waals surface area contributed by atoms with E-state index in [0.717, 1.165) is 36.5 Å². The Kier molecular flexibility index (Phi) is 19.5. The molecule has 392 valence electrons. The molecule has 2 N–H and O–H groups in total. The smallest absolute Gasteiger partial charge is 0.413 e. The molecule has 4 heterocycles. The predicted molar refractivity (Wildman–Crippen MR) is 270 cm³/mol. The van der Waals surface area contributed by atoms with Crippen LogP contribution in [0.1, 0.15) is 104 Å². The summed E-state index contributed by atoms with van der Waals surface area (Å²) < 4.78 is 88.9. The number of rotatable bonds is 11. The number of hydrogen-bond acceptors (Lipinski definition) is 12. The fourth-order valence-corrected chi connectivity index (χ4v) is 9.43. The van der Waals surface area contributed by atoms with Crippen LogP contribution in [0.3, 0.4) is 0 Å². The summed E-state index contributed by atoms with van der Waals surface area (Å²) in [7, 11) is 0. The van der Waals surface area contributed by atoms with E-state index >= 15 is 0 Å². The molecule has 72 heavy (non-hydrogen) atoms. The van der Waals surface area contributed by atoms with E-state index in [0.29, 0.717) is 5.56 Å². The number of nitrogens with zero attached hydrogens (tertiary/aromatic N) is 4. The molecule has 5 aromatic rings. The molecule has 0 radical (unpaired) electrons. The van der Waals surface area contributed by atoms with Crippen molar-refractivity contribution in [2.75, 3.05) is 20.0 Å². The molecule has 6 atom stereocenters. The van der Waals surface area contributed by atoms with Crippen molar-refractivity contribution in [2.24, 2.45) is 0 Å². The van der Waals surface area contributed by atoms with Gasteiger partial charge in [0.1, 0.15) is 61.0 Å². The first-order valence-corrected chi connectivity index (χ1v) is 25.3. The van der Waals surface area contributed by atoms with Crippen LogP contribution in [-0.2, 0) is 23.7 Å². The quantitative estimate of drug-likeness (QED) is 0.122. The fourth-order valence-electron chi connectivity index (χ4n) is 7.91. The maximum atomic E-state index is 14.0. The molecule has 3 amide bonds. The molecule has 0 aliphatic carbocycles. The number of amides is 3. The molecular formula is C51H61BrF5N5O8S2. The third-order valence-electron chi connectivity index (χ3n) is 11.0. The van der Waals surface area contributed by atoms with Crippen molar-refractivity contribution in [3.63, 3.8) is 0 Å². The van der Waals surface area contributed by atoms with Gasteiger partial charge >= 0.3 is 18.6 Å². The van der Waals surface area contributed by atoms with Crippen LogP contribution >= 0.6 is 38.6 Å². The minimum absolute atomic E-state index is 0.325. The fraction of sp³-hybridized carbons (Fsp3) is 0.471. The van der Waals surface area contributed by atoms with Crippen molar-refractivity contribution < 1.29 is 60.4 Å². The van der Waals surface area contributed by atoms with Gasteiger partial charge in [0.05, 0.1) is 38.9 Å². The van der Waals surface area contributed by atoms with E-state index in [1.807, 2.05) is 54.7 Å². The van der Waals surface area contributed by atoms with Crippen molar-refractivity contribution in [1.29, 1.82) is 0 Å². The lowest BCUT2D eigenvalue weighted by atomic mass is 10.0. The monoisotopic (exact) mass is 1110 g/mol. The maximum Gasteiger partial charge on any atom is 0.413 e. The minimum Gasteiger partial charge on any atom is -0.444 e. The molecule has 0 spiro atoms. The van der Waals surface area contributed by atoms with Gasteiger partial charge in [0.25, 0.3) is 5.91 Å². The van der Waals surface area contributed by atoms with Crippen LogP contribution in [-0.4, -0.2) is 110 Å². The summed E-state index contributed by atoms with van der Waals surface area (Å²) in [5.74, 6) is -1.61. The Morgan fingerprint density at radius 2 is 1.10 bits per heavy atom. The topological polar surface area (TPSA) is 153 Å². The Hall–Kier alpha value is -5.06. The molecule has 0 saturated carbocycles. The van der Waals surface area contributed by atoms with E-state index < -0.39 is 104 Å². The largest absolute Gasteiger partial charge is 0.444 e. The van der Waals surface area contributed by atoms with Gasteiger partial charge in [-0.2, -0.15) is 8.78 Å². The summed E-state index contributed by atoms with van der Waals surface area (Å²) in [6, 6.07) is 18.9. The lowest BCUT2D eigenvalue weighted by Crippen LogP contribution is -2.50. The van der Waals surface area contributed by atoms with Gasteiger partial charge in [-0.25, -0.2) is 22.8 Å². The molecule has 3 aromatic carbocycles. The van der Waals surface area contributed by atoms with Crippen molar-refractivity contribution >= 4 is 56.7 Å². The summed E-state index contributed by atoms with van der Waals surface area (Å²) >= 11 is 6.37. The van der Waals surface area contributed by atoms with E-state index in [9.17, 15) is 41.4 Å². The van der Waals surface area contributed by atoms with Crippen molar-refractivity contribution in [2.45, 2.75) is 135 Å². The molecule has 2 fully saturated rings. The summed E-state index contributed by atoms with van der Waals surface area (Å²) in [6.45, 7) is 15.1. The number of carbonyl (C=O) groups excluding carboxylic acids is 3. The number of alkyl halides is 5. The number of nitrogens with one attached hydrogen (secondary N) is 1. The molecule has 13 nitrogen and oxygen atoms in total. The number of benzene rings is 3. The van der Waals surface area contributed by atoms with Gasteiger partial charge in [-0.3, -0.25) is 24.6 Å². The van der Waals surface area contributed by atoms with Crippen LogP contribution in [0.5, 0.6) is 0 Å². The van der Waals surface area contributed by atoms with Crippen molar-refractivity contribution in [3.8, 4) is 20.9 Å². The van der Waals surface area contributed by atoms with Gasteiger partial charge < -0.3 is 29.4 Å². The third kappa shape index (κ3) is 15.0. The average Bonchev–Trinajstić information content (AvgIpc) is 4.14. The van der Waals surface area contributed by atoms with E-state index in [4.69, 9.17) is 18.9 Å². The molecular weight excluding hydrogens is 1050 g/mol. The predicted octanol–water partition coefficient (Wildman–Crippen LogP) is 12.6. The molecule has 2 aromatic heterocycles. The van der Waals surface area contributed by atoms with Gasteiger partial charge in [0, 0.05) is 16.9 Å². The van der Waals surface area contributed by atoms with E-state index in [2.05, 4.69) is 25.9 Å². The first-order valence-electron chi connectivity index (χ1n) is 22.8. The highest BCUT2D eigenvalue weighted by atomic mass is 79.9. The lowest BCUT2D eigenvalue weighted by Gasteiger charge is -2.34. The van der Waals surface area contributed by atoms with E-state index in [-0.39, 0.29) is 0 Å². The Labute approximate surface area is 433 Å². The number of thiazole rings is 2. The van der Waals surface area contributed by atoms with Gasteiger partial charge in [0.2, 0.25) is 0 Å². The Morgan fingerprint density at radius 1 is 0.708 bits per heavy atom. The highest BCUT2D eigenvalue weighted by molar-refractivity contribution is 9.10. The van der Waals surface area contributed by atoms with Gasteiger partial charge in [-0.1, -0.05) is 76.6 Å². The summed E-state index contributed by atoms with van der Waals surface area (Å²) in [6.07, 6.45) is -3.40. The lowest BCUT2D eigenvalue weighted by molar-refractivity contribution is -0.133. The second-order valence-electron chi connectivity index (χ2n) is 19.7. The van der Waals surface area contributed by atoms with E-state index in [1.54, 1.807) is 127 Å². The number of aliphatic hydroxyl groups is 1. The second-order valence-corrected chi connectivity index (χ2v) is 22.3. The average molecular weight is 1110 g/mol. The standard InChI is InChI=1S/C20H25FN2O3S.C17H23BrFNO3.C14H13F3N2O2S/c1-19(2,3)26-18(24)23-15(10-21)17(25-20(23,4)5)14-8-6-13(7-9-14)16-11-22-12-27-16;1-16(2,3)23-15(21)20-13(10-19)14(22-17(20,4)5)11-6-8-12(18)9-7-11;15-5-10(19-14(21)13(16)17)12(20)9-3-1-8(2-4-9)11-6-18-7-22-11/h6-9,11-12,15,17H,10H2,1-5H3;6-9,13-14H,10H2,1-5H3;1-4,6-7,10,12-13,20H,5H2,(H,19,21)/t15-,17-;13-,14-;10-,12-/m111/s1. The van der Waals surface area contributed by atoms with Crippen molar-refractivity contribution in [3.05, 3.63) is 117 Å². The van der Waals surface area contributed by atoms with Crippen LogP contribution in [0.15, 0.2) is 101 Å². The first-order chi connectivity index (χ1) is 33.7.